The van der Waals surface area contributed by atoms with Gasteiger partial charge in [-0.05, 0) is 83.5 Å². The monoisotopic (exact) mass is 1140 g/mol. The summed E-state index contributed by atoms with van der Waals surface area (Å²) in [5, 5.41) is 23.4. The normalized spacial score (nSPS) is 12.7. The number of rotatable bonds is 69. The lowest BCUT2D eigenvalue weighted by Gasteiger charge is -2.22. The molecule has 2 unspecified atom stereocenters. The second-order valence-electron chi connectivity index (χ2n) is 25.3. The van der Waals surface area contributed by atoms with Gasteiger partial charge in [0.25, 0.3) is 0 Å². The summed E-state index contributed by atoms with van der Waals surface area (Å²) in [5.74, 6) is -0.0238. The quantitative estimate of drug-likeness (QED) is 0.0320. The molecule has 0 aromatic rings. The van der Waals surface area contributed by atoms with Crippen LogP contribution in [0.3, 0.4) is 0 Å². The smallest absolute Gasteiger partial charge is 0.305 e. The number of ether oxygens (including phenoxy) is 1. The van der Waals surface area contributed by atoms with E-state index in [0.29, 0.717) is 25.9 Å². The van der Waals surface area contributed by atoms with E-state index >= 15 is 0 Å². The molecule has 0 radical (unpaired) electrons. The van der Waals surface area contributed by atoms with E-state index in [1.807, 2.05) is 0 Å². The van der Waals surface area contributed by atoms with Crippen molar-refractivity contribution in [3.05, 3.63) is 36.5 Å². The fourth-order valence-electron chi connectivity index (χ4n) is 11.6. The SMILES string of the molecule is CCCCC/C=C\C/C=C\CCCCCCCCCC(=O)OCCCCCCCCCCCCCC/C=C\CCCCCCCCCCCCCC(=O)NC(CO)C(O)CCCCCCCCCCCCCCCCCCCCCC. The molecule has 0 aromatic carbocycles. The van der Waals surface area contributed by atoms with E-state index < -0.39 is 12.1 Å². The summed E-state index contributed by atoms with van der Waals surface area (Å²) in [7, 11) is 0. The molecular formula is C75H143NO5. The predicted octanol–water partition coefficient (Wildman–Crippen LogP) is 23.9. The Morgan fingerprint density at radius 3 is 0.975 bits per heavy atom. The lowest BCUT2D eigenvalue weighted by atomic mass is 10.0. The summed E-state index contributed by atoms with van der Waals surface area (Å²) >= 11 is 0. The Bertz CT molecular complexity index is 1310. The van der Waals surface area contributed by atoms with Crippen molar-refractivity contribution >= 4 is 11.9 Å². The largest absolute Gasteiger partial charge is 0.466 e. The lowest BCUT2D eigenvalue weighted by Crippen LogP contribution is -2.45. The average molecular weight is 1140 g/mol. The molecule has 6 heteroatoms. The minimum atomic E-state index is -0.666. The molecule has 0 saturated heterocycles. The summed E-state index contributed by atoms with van der Waals surface area (Å²) in [6, 6.07) is -0.543. The summed E-state index contributed by atoms with van der Waals surface area (Å²) in [6.07, 6.45) is 90.5. The Kier molecular flexibility index (Phi) is 68.9. The Balaban J connectivity index is 3.38. The maximum absolute atomic E-state index is 12.5. The molecule has 6 nitrogen and oxygen atoms in total. The van der Waals surface area contributed by atoms with Crippen molar-refractivity contribution in [2.45, 2.75) is 418 Å². The fourth-order valence-corrected chi connectivity index (χ4v) is 11.6. The number of amides is 1. The van der Waals surface area contributed by atoms with Gasteiger partial charge in [0.2, 0.25) is 5.91 Å². The highest BCUT2D eigenvalue weighted by molar-refractivity contribution is 5.76. The molecule has 0 saturated carbocycles. The van der Waals surface area contributed by atoms with Crippen molar-refractivity contribution in [3.63, 3.8) is 0 Å². The maximum atomic E-state index is 12.5. The van der Waals surface area contributed by atoms with E-state index in [0.717, 1.165) is 51.4 Å². The van der Waals surface area contributed by atoms with E-state index in [9.17, 15) is 19.8 Å². The summed E-state index contributed by atoms with van der Waals surface area (Å²) in [4.78, 5) is 24.6. The van der Waals surface area contributed by atoms with E-state index in [-0.39, 0.29) is 18.5 Å². The first kappa shape index (κ1) is 79.1. The molecule has 0 heterocycles. The number of aliphatic hydroxyl groups excluding tert-OH is 2. The van der Waals surface area contributed by atoms with Crippen LogP contribution >= 0.6 is 0 Å². The van der Waals surface area contributed by atoms with Crippen molar-refractivity contribution in [2.75, 3.05) is 13.2 Å². The zero-order valence-electron chi connectivity index (χ0n) is 54.8. The standard InChI is InChI=1S/C75H143NO5/c1-3-5-7-9-11-13-15-17-19-21-22-32-36-39-43-47-51-55-59-63-67-73(78)72(71-77)76-74(79)68-64-60-56-52-48-44-40-37-33-30-28-26-24-23-25-27-29-31-34-38-42-46-50-54-58-62-66-70-81-75(80)69-65-61-57-53-49-45-41-35-20-18-16-14-12-10-8-6-4-2/h12,14,18,20,23-24,72-73,77-78H,3-11,13,15-17,19,21-22,25-71H2,1-2H3,(H,76,79)/b14-12-,20-18-,24-23-. The van der Waals surface area contributed by atoms with E-state index in [4.69, 9.17) is 4.74 Å². The number of carbonyl (C=O) groups excluding carboxylic acids is 2. The van der Waals surface area contributed by atoms with E-state index in [2.05, 4.69) is 55.6 Å². The van der Waals surface area contributed by atoms with Crippen molar-refractivity contribution in [1.82, 2.24) is 5.32 Å². The fraction of sp³-hybridized carbons (Fsp3) is 0.893. The van der Waals surface area contributed by atoms with Gasteiger partial charge in [0.15, 0.2) is 0 Å². The summed E-state index contributed by atoms with van der Waals surface area (Å²) in [6.45, 7) is 4.96. The first-order valence-corrected chi connectivity index (χ1v) is 36.7. The minimum Gasteiger partial charge on any atom is -0.466 e. The summed E-state index contributed by atoms with van der Waals surface area (Å²) in [5.41, 5.74) is 0. The number of esters is 1. The van der Waals surface area contributed by atoms with E-state index in [1.54, 1.807) is 0 Å². The predicted molar refractivity (Wildman–Crippen MR) is 356 cm³/mol. The van der Waals surface area contributed by atoms with Crippen molar-refractivity contribution in [2.24, 2.45) is 0 Å². The molecule has 0 aliphatic carbocycles. The van der Waals surface area contributed by atoms with Gasteiger partial charge in [0, 0.05) is 12.8 Å². The zero-order valence-corrected chi connectivity index (χ0v) is 54.8. The maximum Gasteiger partial charge on any atom is 0.305 e. The minimum absolute atomic E-state index is 0.00798. The third-order valence-electron chi connectivity index (χ3n) is 17.2. The molecule has 0 fully saturated rings. The number of hydrogen-bond acceptors (Lipinski definition) is 5. The number of nitrogens with one attached hydrogen (secondary N) is 1. The molecule has 0 aliphatic heterocycles. The number of hydrogen-bond donors (Lipinski definition) is 3. The van der Waals surface area contributed by atoms with Crippen LogP contribution in [0.25, 0.3) is 0 Å². The van der Waals surface area contributed by atoms with Crippen LogP contribution < -0.4 is 5.32 Å². The van der Waals surface area contributed by atoms with Gasteiger partial charge in [-0.2, -0.15) is 0 Å². The van der Waals surface area contributed by atoms with Gasteiger partial charge in [-0.25, -0.2) is 0 Å². The van der Waals surface area contributed by atoms with Crippen LogP contribution in [0.1, 0.15) is 406 Å². The molecule has 1 amide bonds. The zero-order chi connectivity index (χ0) is 58.5. The van der Waals surface area contributed by atoms with Crippen LogP contribution in [0, 0.1) is 0 Å². The third-order valence-corrected chi connectivity index (χ3v) is 17.2. The van der Waals surface area contributed by atoms with Crippen molar-refractivity contribution in [3.8, 4) is 0 Å². The lowest BCUT2D eigenvalue weighted by molar-refractivity contribution is -0.143. The van der Waals surface area contributed by atoms with Gasteiger partial charge in [-0.3, -0.25) is 9.59 Å². The number of allylic oxidation sites excluding steroid dienone is 6. The van der Waals surface area contributed by atoms with E-state index in [1.165, 1.54) is 321 Å². The van der Waals surface area contributed by atoms with Gasteiger partial charge >= 0.3 is 5.97 Å². The topological polar surface area (TPSA) is 95.9 Å². The Morgan fingerprint density at radius 2 is 0.617 bits per heavy atom. The van der Waals surface area contributed by atoms with Gasteiger partial charge < -0.3 is 20.3 Å². The second kappa shape index (κ2) is 70.6. The Morgan fingerprint density at radius 1 is 0.346 bits per heavy atom. The molecule has 0 aliphatic rings. The van der Waals surface area contributed by atoms with Crippen LogP contribution in [-0.4, -0.2) is 47.4 Å². The highest BCUT2D eigenvalue weighted by Crippen LogP contribution is 2.19. The van der Waals surface area contributed by atoms with Crippen LogP contribution in [0.2, 0.25) is 0 Å². The summed E-state index contributed by atoms with van der Waals surface area (Å²) < 4.78 is 5.50. The van der Waals surface area contributed by atoms with Crippen LogP contribution in [0.15, 0.2) is 36.5 Å². The highest BCUT2D eigenvalue weighted by atomic mass is 16.5. The second-order valence-corrected chi connectivity index (χ2v) is 25.3. The Hall–Kier alpha value is -1.92. The molecule has 0 aromatic heterocycles. The van der Waals surface area contributed by atoms with Gasteiger partial charge in [0.05, 0.1) is 25.4 Å². The molecule has 81 heavy (non-hydrogen) atoms. The molecule has 478 valence electrons. The molecule has 2 atom stereocenters. The van der Waals surface area contributed by atoms with Crippen LogP contribution in [-0.2, 0) is 14.3 Å². The van der Waals surface area contributed by atoms with Crippen LogP contribution in [0.5, 0.6) is 0 Å². The van der Waals surface area contributed by atoms with Gasteiger partial charge in [0.1, 0.15) is 0 Å². The highest BCUT2D eigenvalue weighted by Gasteiger charge is 2.20. The average Bonchev–Trinajstić information content (AvgIpc) is 3.47. The van der Waals surface area contributed by atoms with Crippen molar-refractivity contribution < 1.29 is 24.5 Å². The molecule has 0 rings (SSSR count). The number of aliphatic hydroxyl groups is 2. The van der Waals surface area contributed by atoms with Crippen molar-refractivity contribution in [1.29, 1.82) is 0 Å². The Labute approximate surface area is 506 Å². The number of unbranched alkanes of at least 4 members (excludes halogenated alkanes) is 52. The molecule has 3 N–H and O–H groups in total. The first-order chi connectivity index (χ1) is 40.0. The molecular weight excluding hydrogens is 995 g/mol. The van der Waals surface area contributed by atoms with Crippen LogP contribution in [0.4, 0.5) is 0 Å². The van der Waals surface area contributed by atoms with Gasteiger partial charge in [-0.15, -0.1) is 0 Å². The number of carbonyl (C=O) groups is 2. The third kappa shape index (κ3) is 67.1. The molecule has 0 spiro atoms. The van der Waals surface area contributed by atoms with Gasteiger partial charge in [-0.1, -0.05) is 346 Å². The molecule has 0 bridgehead atoms. The first-order valence-electron chi connectivity index (χ1n) is 36.7.